The lowest BCUT2D eigenvalue weighted by atomic mass is 9.86. The van der Waals surface area contributed by atoms with E-state index in [1.165, 1.54) is 0 Å². The minimum absolute atomic E-state index is 0.0388. The van der Waals surface area contributed by atoms with Crippen LogP contribution in [0.1, 0.15) is 41.6 Å². The quantitative estimate of drug-likeness (QED) is 0.640. The molecule has 0 saturated heterocycles. The topological polar surface area (TPSA) is 68.3 Å². The number of amides is 1. The van der Waals surface area contributed by atoms with Gasteiger partial charge in [-0.05, 0) is 43.4 Å². The Balaban J connectivity index is 1.44. The monoisotopic (exact) mass is 372 g/mol. The molecule has 0 bridgehead atoms. The van der Waals surface area contributed by atoms with Crippen molar-refractivity contribution in [2.24, 2.45) is 5.92 Å². The molecule has 0 atom stereocenters. The maximum Gasteiger partial charge on any atom is 0.309 e. The van der Waals surface area contributed by atoms with Crippen molar-refractivity contribution < 1.29 is 14.3 Å². The summed E-state index contributed by atoms with van der Waals surface area (Å²) >= 11 is 5.95. The van der Waals surface area contributed by atoms with Gasteiger partial charge in [-0.2, -0.15) is 0 Å². The van der Waals surface area contributed by atoms with Gasteiger partial charge in [0.2, 0.25) is 0 Å². The van der Waals surface area contributed by atoms with Crippen molar-refractivity contribution in [2.75, 3.05) is 0 Å². The van der Waals surface area contributed by atoms with E-state index in [2.05, 4.69) is 10.3 Å². The molecular weight excluding hydrogens is 352 g/mol. The molecule has 1 aliphatic rings. The van der Waals surface area contributed by atoms with Gasteiger partial charge in [0.25, 0.3) is 5.91 Å². The van der Waals surface area contributed by atoms with E-state index in [0.717, 1.165) is 18.4 Å². The number of benzene rings is 1. The summed E-state index contributed by atoms with van der Waals surface area (Å²) in [5.74, 6) is -0.485. The summed E-state index contributed by atoms with van der Waals surface area (Å²) in [6.45, 7) is 0.301. The summed E-state index contributed by atoms with van der Waals surface area (Å²) < 4.78 is 5.42. The van der Waals surface area contributed by atoms with Gasteiger partial charge >= 0.3 is 5.97 Å². The van der Waals surface area contributed by atoms with Gasteiger partial charge in [0, 0.05) is 12.2 Å². The van der Waals surface area contributed by atoms with E-state index in [1.54, 1.807) is 18.3 Å². The van der Waals surface area contributed by atoms with E-state index >= 15 is 0 Å². The summed E-state index contributed by atoms with van der Waals surface area (Å²) in [4.78, 5) is 28.4. The summed E-state index contributed by atoms with van der Waals surface area (Å²) in [7, 11) is 0. The molecule has 5 nitrogen and oxygen atoms in total. The molecule has 6 heteroatoms. The van der Waals surface area contributed by atoms with Crippen molar-refractivity contribution in [3.8, 4) is 0 Å². The third-order valence-corrected chi connectivity index (χ3v) is 4.92. The third kappa shape index (κ3) is 4.82. The van der Waals surface area contributed by atoms with Gasteiger partial charge in [0.05, 0.1) is 11.5 Å². The van der Waals surface area contributed by atoms with Crippen LogP contribution in [0.3, 0.4) is 0 Å². The molecule has 0 aliphatic heterocycles. The van der Waals surface area contributed by atoms with Crippen LogP contribution in [-0.2, 0) is 16.1 Å². The number of hydrogen-bond acceptors (Lipinski definition) is 4. The Morgan fingerprint density at radius 3 is 2.50 bits per heavy atom. The van der Waals surface area contributed by atoms with Gasteiger partial charge in [0.15, 0.2) is 0 Å². The molecule has 1 fully saturated rings. The number of halogens is 1. The second kappa shape index (κ2) is 8.81. The average molecular weight is 373 g/mol. The van der Waals surface area contributed by atoms with E-state index in [4.69, 9.17) is 16.3 Å². The Kier molecular flexibility index (Phi) is 6.23. The van der Waals surface area contributed by atoms with Crippen molar-refractivity contribution in [3.63, 3.8) is 0 Å². The largest absolute Gasteiger partial charge is 0.461 e. The number of nitrogens with one attached hydrogen (secondary N) is 1. The van der Waals surface area contributed by atoms with Crippen LogP contribution in [0.2, 0.25) is 5.15 Å². The Labute approximate surface area is 157 Å². The van der Waals surface area contributed by atoms with Gasteiger partial charge in [-0.25, -0.2) is 4.98 Å². The normalized spacial score (nSPS) is 19.6. The Hall–Kier alpha value is -2.40. The van der Waals surface area contributed by atoms with Gasteiger partial charge in [0.1, 0.15) is 11.8 Å². The standard InChI is InChI=1S/C20H21ClN2O3/c21-18-17(7-4-12-22-18)19(24)23-16-10-8-15(9-11-16)20(25)26-13-14-5-2-1-3-6-14/h1-7,12,15-16H,8-11,13H2,(H,23,24)/t15-,16+. The smallest absolute Gasteiger partial charge is 0.309 e. The number of pyridine rings is 1. The summed E-state index contributed by atoms with van der Waals surface area (Å²) in [6, 6.07) is 13.0. The molecule has 2 aromatic rings. The van der Waals surface area contributed by atoms with Crippen molar-refractivity contribution >= 4 is 23.5 Å². The molecule has 1 N–H and O–H groups in total. The Morgan fingerprint density at radius 1 is 1.08 bits per heavy atom. The fourth-order valence-electron chi connectivity index (χ4n) is 3.14. The number of aromatic nitrogens is 1. The molecule has 1 aromatic heterocycles. The van der Waals surface area contributed by atoms with Crippen LogP contribution in [0.15, 0.2) is 48.7 Å². The highest BCUT2D eigenvalue weighted by Gasteiger charge is 2.28. The number of carbonyl (C=O) groups excluding carboxylic acids is 2. The number of ether oxygens (including phenoxy) is 1. The number of rotatable bonds is 5. The molecule has 0 spiro atoms. The molecule has 1 heterocycles. The van der Waals surface area contributed by atoms with Gasteiger partial charge < -0.3 is 10.1 Å². The number of nitrogens with zero attached hydrogens (tertiary/aromatic N) is 1. The first-order chi connectivity index (χ1) is 12.6. The van der Waals surface area contributed by atoms with Crippen molar-refractivity contribution in [1.82, 2.24) is 10.3 Å². The summed E-state index contributed by atoms with van der Waals surface area (Å²) in [5, 5.41) is 3.18. The lowest BCUT2D eigenvalue weighted by Crippen LogP contribution is -2.39. The summed E-state index contributed by atoms with van der Waals surface area (Å²) in [5.41, 5.74) is 1.36. The lowest BCUT2D eigenvalue weighted by molar-refractivity contribution is -0.151. The Morgan fingerprint density at radius 2 is 1.81 bits per heavy atom. The van der Waals surface area contributed by atoms with Crippen LogP contribution in [0.25, 0.3) is 0 Å². The first-order valence-corrected chi connectivity index (χ1v) is 9.13. The average Bonchev–Trinajstić information content (AvgIpc) is 2.68. The third-order valence-electron chi connectivity index (χ3n) is 4.62. The van der Waals surface area contributed by atoms with E-state index < -0.39 is 0 Å². The molecule has 0 radical (unpaired) electrons. The molecule has 136 valence electrons. The zero-order valence-corrected chi connectivity index (χ0v) is 15.1. The zero-order chi connectivity index (χ0) is 18.4. The minimum Gasteiger partial charge on any atom is -0.461 e. The highest BCUT2D eigenvalue weighted by Crippen LogP contribution is 2.26. The SMILES string of the molecule is O=C(N[C@H]1CC[C@@H](C(=O)OCc2ccccc2)CC1)c1cccnc1Cl. The van der Waals surface area contributed by atoms with Crippen LogP contribution in [0.4, 0.5) is 0 Å². The molecule has 0 unspecified atom stereocenters. The molecule has 1 amide bonds. The van der Waals surface area contributed by atoms with Crippen molar-refractivity contribution in [2.45, 2.75) is 38.3 Å². The van der Waals surface area contributed by atoms with Crippen LogP contribution in [-0.4, -0.2) is 22.9 Å². The van der Waals surface area contributed by atoms with E-state index in [0.29, 0.717) is 25.0 Å². The van der Waals surface area contributed by atoms with Crippen molar-refractivity contribution in [1.29, 1.82) is 0 Å². The molecular formula is C20H21ClN2O3. The maximum absolute atomic E-state index is 12.3. The highest BCUT2D eigenvalue weighted by molar-refractivity contribution is 6.32. The second-order valence-corrected chi connectivity index (χ2v) is 6.82. The lowest BCUT2D eigenvalue weighted by Gasteiger charge is -2.28. The van der Waals surface area contributed by atoms with E-state index in [-0.39, 0.29) is 29.0 Å². The van der Waals surface area contributed by atoms with Gasteiger partial charge in [-0.1, -0.05) is 41.9 Å². The number of hydrogen-bond donors (Lipinski definition) is 1. The Bertz CT molecular complexity index is 759. The highest BCUT2D eigenvalue weighted by atomic mass is 35.5. The minimum atomic E-state index is -0.224. The second-order valence-electron chi connectivity index (χ2n) is 6.46. The number of esters is 1. The van der Waals surface area contributed by atoms with Crippen molar-refractivity contribution in [3.05, 3.63) is 64.9 Å². The predicted octanol–water partition coefficient (Wildman–Crippen LogP) is 3.77. The number of carbonyl (C=O) groups is 2. The maximum atomic E-state index is 12.3. The molecule has 1 aliphatic carbocycles. The van der Waals surface area contributed by atoms with Crippen LogP contribution >= 0.6 is 11.6 Å². The first-order valence-electron chi connectivity index (χ1n) is 8.75. The first kappa shape index (κ1) is 18.4. The zero-order valence-electron chi connectivity index (χ0n) is 14.4. The van der Waals surface area contributed by atoms with Gasteiger partial charge in [-0.3, -0.25) is 9.59 Å². The fraction of sp³-hybridized carbons (Fsp3) is 0.350. The van der Waals surface area contributed by atoms with Crippen LogP contribution in [0, 0.1) is 5.92 Å². The van der Waals surface area contributed by atoms with E-state index in [9.17, 15) is 9.59 Å². The molecule has 3 rings (SSSR count). The van der Waals surface area contributed by atoms with E-state index in [1.807, 2.05) is 30.3 Å². The fourth-order valence-corrected chi connectivity index (χ4v) is 3.34. The molecule has 1 saturated carbocycles. The molecule has 26 heavy (non-hydrogen) atoms. The summed E-state index contributed by atoms with van der Waals surface area (Å²) in [6.07, 6.45) is 4.45. The predicted molar refractivity (Wildman–Crippen MR) is 98.7 cm³/mol. The van der Waals surface area contributed by atoms with Gasteiger partial charge in [-0.15, -0.1) is 0 Å². The van der Waals surface area contributed by atoms with Crippen LogP contribution in [0.5, 0.6) is 0 Å². The molecule has 1 aromatic carbocycles. The van der Waals surface area contributed by atoms with Crippen LogP contribution < -0.4 is 5.32 Å².